The Hall–Kier alpha value is -2.15. The lowest BCUT2D eigenvalue weighted by molar-refractivity contribution is -0.00221. The van der Waals surface area contributed by atoms with E-state index in [0.29, 0.717) is 18.6 Å². The van der Waals surface area contributed by atoms with Crippen LogP contribution in [-0.4, -0.2) is 52.3 Å². The summed E-state index contributed by atoms with van der Waals surface area (Å²) >= 11 is 0. The van der Waals surface area contributed by atoms with Crippen LogP contribution in [0.2, 0.25) is 0 Å². The summed E-state index contributed by atoms with van der Waals surface area (Å²) in [6.45, 7) is 3.64. The maximum atomic E-state index is 11.9. The van der Waals surface area contributed by atoms with Crippen LogP contribution in [0, 0.1) is 5.92 Å². The fraction of sp³-hybridized carbons (Fsp3) is 0.462. The molecule has 1 heterocycles. The fourth-order valence-corrected chi connectivity index (χ4v) is 5.54. The third-order valence-corrected chi connectivity index (χ3v) is 8.15. The molecule has 7 nitrogen and oxygen atoms in total. The molecule has 2 aromatic carbocycles. The van der Waals surface area contributed by atoms with Crippen molar-refractivity contribution in [1.82, 2.24) is 0 Å². The first-order valence-electron chi connectivity index (χ1n) is 11.6. The summed E-state index contributed by atoms with van der Waals surface area (Å²) in [6, 6.07) is 15.1. The molecule has 6 atom stereocenters. The molecule has 1 aliphatic heterocycles. The second-order valence-electron chi connectivity index (χ2n) is 9.54. The molecule has 0 spiro atoms. The second-order valence-corrected chi connectivity index (χ2v) is 11.6. The van der Waals surface area contributed by atoms with Crippen molar-refractivity contribution >= 4 is 7.60 Å². The molecule has 0 bridgehead atoms. The van der Waals surface area contributed by atoms with Crippen molar-refractivity contribution in [3.05, 3.63) is 71.8 Å². The molecule has 2 aromatic rings. The average molecular weight is 489 g/mol. The Labute approximate surface area is 200 Å². The van der Waals surface area contributed by atoms with Crippen molar-refractivity contribution in [3.8, 4) is 11.5 Å². The van der Waals surface area contributed by atoms with Gasteiger partial charge >= 0.3 is 7.60 Å². The highest BCUT2D eigenvalue weighted by Gasteiger charge is 2.49. The van der Waals surface area contributed by atoms with E-state index in [1.165, 1.54) is 7.11 Å². The lowest BCUT2D eigenvalue weighted by Crippen LogP contribution is -2.41. The molecule has 1 aliphatic carbocycles. The van der Waals surface area contributed by atoms with Crippen LogP contribution in [0.4, 0.5) is 0 Å². The van der Waals surface area contributed by atoms with Gasteiger partial charge in [0.1, 0.15) is 29.3 Å². The van der Waals surface area contributed by atoms with Gasteiger partial charge in [0, 0.05) is 30.9 Å². The molecular formula is C26H33O7P. The van der Waals surface area contributed by atoms with Crippen LogP contribution in [0.15, 0.2) is 60.7 Å². The Morgan fingerprint density at radius 3 is 2.65 bits per heavy atom. The van der Waals surface area contributed by atoms with Gasteiger partial charge in [-0.1, -0.05) is 48.6 Å². The minimum Gasteiger partial charge on any atom is -0.489 e. The molecule has 0 aromatic heterocycles. The predicted octanol–water partition coefficient (Wildman–Crippen LogP) is 4.06. The molecule has 0 saturated heterocycles. The van der Waals surface area contributed by atoms with Gasteiger partial charge in [0.2, 0.25) is 0 Å². The number of para-hydroxylation sites is 2. The molecule has 184 valence electrons. The van der Waals surface area contributed by atoms with Crippen LogP contribution in [0.3, 0.4) is 0 Å². The number of rotatable bonds is 9. The summed E-state index contributed by atoms with van der Waals surface area (Å²) in [5.74, 6) is 1.11. The normalized spacial score (nSPS) is 26.5. The highest BCUT2D eigenvalue weighted by Crippen LogP contribution is 2.52. The zero-order valence-corrected chi connectivity index (χ0v) is 20.6. The van der Waals surface area contributed by atoms with E-state index in [2.05, 4.69) is 0 Å². The number of hydrogen-bond acceptors (Lipinski definition) is 6. The van der Waals surface area contributed by atoms with Crippen molar-refractivity contribution in [2.24, 2.45) is 5.92 Å². The van der Waals surface area contributed by atoms with Gasteiger partial charge < -0.3 is 29.1 Å². The van der Waals surface area contributed by atoms with Gasteiger partial charge in [-0.15, -0.1) is 0 Å². The predicted molar refractivity (Wildman–Crippen MR) is 129 cm³/mol. The Morgan fingerprint density at radius 1 is 1.21 bits per heavy atom. The standard InChI is InChI=1S/C26H33O7P/c1-26(2,33-18-9-5-4-6-10-18)23(28)13-12-19-21(27)16-22-24(19)20-11-7-8-17(25(20)32-22)14-15-34(29,30)31-3/h4-13,19,21-24,27-28H,14-16H2,1-3H3,(H,29,30)/b13-12+/t19-,21+,22-,23-,24-/m0/s1. The van der Waals surface area contributed by atoms with Crippen LogP contribution in [0.5, 0.6) is 11.5 Å². The van der Waals surface area contributed by atoms with Crippen molar-refractivity contribution in [1.29, 1.82) is 0 Å². The first kappa shape index (κ1) is 25.0. The number of aryl methyl sites for hydroxylation is 1. The Kier molecular flexibility index (Phi) is 7.22. The highest BCUT2D eigenvalue weighted by atomic mass is 31.2. The van der Waals surface area contributed by atoms with Gasteiger partial charge in [-0.2, -0.15) is 0 Å². The summed E-state index contributed by atoms with van der Waals surface area (Å²) in [5.41, 5.74) is 0.971. The van der Waals surface area contributed by atoms with E-state index >= 15 is 0 Å². The molecule has 0 radical (unpaired) electrons. The highest BCUT2D eigenvalue weighted by molar-refractivity contribution is 7.52. The van der Waals surface area contributed by atoms with Crippen LogP contribution in [0.1, 0.15) is 37.3 Å². The van der Waals surface area contributed by atoms with Crippen LogP contribution < -0.4 is 9.47 Å². The van der Waals surface area contributed by atoms with Gasteiger partial charge in [-0.25, -0.2) is 0 Å². The number of benzene rings is 2. The fourth-order valence-electron chi connectivity index (χ4n) is 4.84. The molecule has 1 saturated carbocycles. The summed E-state index contributed by atoms with van der Waals surface area (Å²) < 4.78 is 28.8. The van der Waals surface area contributed by atoms with Gasteiger partial charge in [0.25, 0.3) is 0 Å². The summed E-state index contributed by atoms with van der Waals surface area (Å²) in [4.78, 5) is 9.77. The molecule has 0 amide bonds. The topological polar surface area (TPSA) is 105 Å². The summed E-state index contributed by atoms with van der Waals surface area (Å²) in [5, 5.41) is 21.6. The molecule has 4 rings (SSSR count). The van der Waals surface area contributed by atoms with E-state index in [9.17, 15) is 19.7 Å². The maximum Gasteiger partial charge on any atom is 0.328 e. The Morgan fingerprint density at radius 2 is 1.94 bits per heavy atom. The second kappa shape index (κ2) is 9.84. The van der Waals surface area contributed by atoms with Crippen LogP contribution in [0.25, 0.3) is 0 Å². The number of hydrogen-bond donors (Lipinski definition) is 3. The number of aliphatic hydroxyl groups excluding tert-OH is 2. The van der Waals surface area contributed by atoms with Gasteiger partial charge in [-0.05, 0) is 38.0 Å². The number of ether oxygens (including phenoxy) is 2. The zero-order valence-electron chi connectivity index (χ0n) is 19.7. The monoisotopic (exact) mass is 488 g/mol. The maximum absolute atomic E-state index is 11.9. The van der Waals surface area contributed by atoms with E-state index in [1.54, 1.807) is 6.08 Å². The zero-order chi connectivity index (χ0) is 24.5. The van der Waals surface area contributed by atoms with E-state index in [0.717, 1.165) is 16.9 Å². The van der Waals surface area contributed by atoms with Crippen molar-refractivity contribution in [3.63, 3.8) is 0 Å². The molecule has 1 unspecified atom stereocenters. The van der Waals surface area contributed by atoms with Crippen molar-refractivity contribution in [2.75, 3.05) is 13.3 Å². The molecule has 34 heavy (non-hydrogen) atoms. The van der Waals surface area contributed by atoms with Crippen LogP contribution in [-0.2, 0) is 15.5 Å². The number of fused-ring (bicyclic) bond motifs is 3. The van der Waals surface area contributed by atoms with Crippen LogP contribution >= 0.6 is 7.60 Å². The van der Waals surface area contributed by atoms with Crippen molar-refractivity contribution in [2.45, 2.75) is 56.5 Å². The molecular weight excluding hydrogens is 455 g/mol. The van der Waals surface area contributed by atoms with Gasteiger partial charge in [0.15, 0.2) is 0 Å². The van der Waals surface area contributed by atoms with Gasteiger partial charge in [-0.3, -0.25) is 4.57 Å². The molecule has 8 heteroatoms. The lowest BCUT2D eigenvalue weighted by Gasteiger charge is -2.30. The molecule has 1 fully saturated rings. The van der Waals surface area contributed by atoms with E-state index in [-0.39, 0.29) is 24.1 Å². The molecule has 3 N–H and O–H groups in total. The SMILES string of the molecule is COP(=O)(O)CCc1cccc2c1O[C@H]1C[C@@H](O)[C@H](/C=C/[C@H](O)C(C)(C)Oc3ccccc3)[C@@H]21. The Balaban J connectivity index is 1.50. The quantitative estimate of drug-likeness (QED) is 0.361. The lowest BCUT2D eigenvalue weighted by atomic mass is 9.86. The molecule has 2 aliphatic rings. The summed E-state index contributed by atoms with van der Waals surface area (Å²) in [7, 11) is -2.39. The Bertz CT molecular complexity index is 1070. The number of aliphatic hydroxyl groups is 2. The first-order chi connectivity index (χ1) is 16.1. The third kappa shape index (κ3) is 5.24. The third-order valence-electron chi connectivity index (χ3n) is 6.79. The van der Waals surface area contributed by atoms with Gasteiger partial charge in [0.05, 0.1) is 12.3 Å². The summed E-state index contributed by atoms with van der Waals surface area (Å²) in [6.07, 6.45) is 2.74. The minimum atomic E-state index is -3.62. The van der Waals surface area contributed by atoms with Crippen molar-refractivity contribution < 1.29 is 33.7 Å². The first-order valence-corrected chi connectivity index (χ1v) is 13.3. The average Bonchev–Trinajstić information content (AvgIpc) is 3.31. The van der Waals surface area contributed by atoms with E-state index < -0.39 is 25.4 Å². The largest absolute Gasteiger partial charge is 0.489 e. The van der Waals surface area contributed by atoms with E-state index in [1.807, 2.05) is 68.5 Å². The van der Waals surface area contributed by atoms with E-state index in [4.69, 9.17) is 14.0 Å². The minimum absolute atomic E-state index is 0.00723. The smallest absolute Gasteiger partial charge is 0.328 e.